The second kappa shape index (κ2) is 10.2. The number of hydrogen-bond donors (Lipinski definition) is 1. The zero-order chi connectivity index (χ0) is 22.3. The fourth-order valence-electron chi connectivity index (χ4n) is 2.64. The van der Waals surface area contributed by atoms with Gasteiger partial charge in [-0.2, -0.15) is 8.78 Å². The van der Waals surface area contributed by atoms with Crippen molar-refractivity contribution in [2.24, 2.45) is 0 Å². The van der Waals surface area contributed by atoms with Crippen molar-refractivity contribution in [3.63, 3.8) is 0 Å². The first kappa shape index (κ1) is 22.4. The number of benzene rings is 3. The van der Waals surface area contributed by atoms with Crippen molar-refractivity contribution < 1.29 is 27.5 Å². The summed E-state index contributed by atoms with van der Waals surface area (Å²) in [7, 11) is 0. The zero-order valence-electron chi connectivity index (χ0n) is 16.1. The Hall–Kier alpha value is -3.26. The third-order valence-corrected chi connectivity index (χ3v) is 5.07. The fraction of sp³-hybridized carbons (Fsp3) is 0.130. The molecule has 8 heteroatoms. The summed E-state index contributed by atoms with van der Waals surface area (Å²) < 4.78 is 47.2. The van der Waals surface area contributed by atoms with E-state index in [0.717, 1.165) is 12.1 Å². The minimum absolute atomic E-state index is 0.155. The molecule has 1 N–H and O–H groups in total. The monoisotopic (exact) mass is 445 g/mol. The molecule has 0 heterocycles. The topological polar surface area (TPSA) is 55.4 Å². The minimum Gasteiger partial charge on any atom is -0.444 e. The Morgan fingerprint density at radius 3 is 2.10 bits per heavy atom. The number of carbonyl (C=O) groups excluding carboxylic acids is 2. The van der Waals surface area contributed by atoms with Gasteiger partial charge in [-0.25, -0.2) is 9.18 Å². The van der Waals surface area contributed by atoms with Crippen LogP contribution in [0.4, 0.5) is 13.2 Å². The molecule has 1 amide bonds. The van der Waals surface area contributed by atoms with Gasteiger partial charge in [0.1, 0.15) is 5.82 Å². The van der Waals surface area contributed by atoms with E-state index in [0.29, 0.717) is 16.7 Å². The van der Waals surface area contributed by atoms with Gasteiger partial charge in [-0.15, -0.1) is 0 Å². The Bertz CT molecular complexity index is 1020. The first-order valence-electron chi connectivity index (χ1n) is 9.25. The highest BCUT2D eigenvalue weighted by atomic mass is 32.2. The summed E-state index contributed by atoms with van der Waals surface area (Å²) in [5, 5.41) is -1.17. The number of esters is 1. The number of halogens is 3. The fourth-order valence-corrected chi connectivity index (χ4v) is 3.42. The Morgan fingerprint density at radius 1 is 0.903 bits per heavy atom. The van der Waals surface area contributed by atoms with Gasteiger partial charge in [0, 0.05) is 10.5 Å². The van der Waals surface area contributed by atoms with Crippen LogP contribution in [0, 0.1) is 5.82 Å². The Balaban J connectivity index is 1.72. The number of alkyl halides is 2. The van der Waals surface area contributed by atoms with Crippen LogP contribution < -0.4 is 5.32 Å². The number of amides is 1. The van der Waals surface area contributed by atoms with Gasteiger partial charge in [0.05, 0.1) is 12.1 Å². The van der Waals surface area contributed by atoms with Gasteiger partial charge < -0.3 is 10.1 Å². The lowest BCUT2D eigenvalue weighted by Gasteiger charge is -2.21. The minimum atomic E-state index is -3.30. The van der Waals surface area contributed by atoms with Crippen molar-refractivity contribution >= 4 is 23.6 Å². The molecule has 1 unspecified atom stereocenters. The smallest absolute Gasteiger partial charge is 0.339 e. The normalized spacial score (nSPS) is 12.1. The van der Waals surface area contributed by atoms with Crippen molar-refractivity contribution in [2.45, 2.75) is 16.3 Å². The van der Waals surface area contributed by atoms with Gasteiger partial charge in [-0.05, 0) is 36.4 Å². The molecule has 0 aromatic heterocycles. The van der Waals surface area contributed by atoms with E-state index in [1.165, 1.54) is 36.4 Å². The Kier molecular flexibility index (Phi) is 7.36. The number of thioether (sulfide) groups is 1. The summed E-state index contributed by atoms with van der Waals surface area (Å²) in [4.78, 5) is 25.4. The van der Waals surface area contributed by atoms with E-state index in [-0.39, 0.29) is 11.1 Å². The molecule has 160 valence electrons. The molecule has 4 nitrogen and oxygen atoms in total. The molecule has 0 saturated carbocycles. The molecule has 0 saturated heterocycles. The van der Waals surface area contributed by atoms with Crippen LogP contribution in [0.2, 0.25) is 0 Å². The number of rotatable bonds is 8. The van der Waals surface area contributed by atoms with E-state index < -0.39 is 35.6 Å². The van der Waals surface area contributed by atoms with Crippen molar-refractivity contribution in [3.05, 3.63) is 102 Å². The van der Waals surface area contributed by atoms with E-state index in [2.05, 4.69) is 5.32 Å². The third kappa shape index (κ3) is 6.62. The lowest BCUT2D eigenvalue weighted by Crippen LogP contribution is -2.38. The zero-order valence-corrected chi connectivity index (χ0v) is 17.0. The molecule has 3 rings (SSSR count). The van der Waals surface area contributed by atoms with Gasteiger partial charge in [-0.3, -0.25) is 4.79 Å². The Labute approximate surface area is 181 Å². The van der Waals surface area contributed by atoms with Gasteiger partial charge >= 0.3 is 11.2 Å². The molecule has 0 spiro atoms. The Morgan fingerprint density at radius 2 is 1.48 bits per heavy atom. The lowest BCUT2D eigenvalue weighted by atomic mass is 10.1. The van der Waals surface area contributed by atoms with Crippen LogP contribution in [-0.2, 0) is 9.53 Å². The summed E-state index contributed by atoms with van der Waals surface area (Å²) in [6.07, 6.45) is -1.52. The molecule has 0 fully saturated rings. The average molecular weight is 445 g/mol. The molecule has 0 aliphatic heterocycles. The van der Waals surface area contributed by atoms with Crippen LogP contribution >= 0.6 is 11.8 Å². The standard InChI is InChI=1S/C23H18F3NO3S/c24-18-13-11-16(12-14-18)20(30-22(29)17-7-3-1-4-8-17)21(28)27-15-23(25,26)31-19-9-5-2-6-10-19/h1-14,20H,15H2,(H,27,28). The summed E-state index contributed by atoms with van der Waals surface area (Å²) in [6, 6.07) is 20.6. The van der Waals surface area contributed by atoms with Crippen molar-refractivity contribution in [2.75, 3.05) is 6.54 Å². The van der Waals surface area contributed by atoms with E-state index in [4.69, 9.17) is 4.74 Å². The van der Waals surface area contributed by atoms with Gasteiger partial charge in [-0.1, -0.05) is 60.3 Å². The number of carbonyl (C=O) groups is 2. The molecule has 1 atom stereocenters. The van der Waals surface area contributed by atoms with Crippen molar-refractivity contribution in [1.29, 1.82) is 0 Å². The molecule has 3 aromatic rings. The molecular weight excluding hydrogens is 427 g/mol. The predicted molar refractivity (Wildman–Crippen MR) is 111 cm³/mol. The van der Waals surface area contributed by atoms with Crippen LogP contribution in [0.5, 0.6) is 0 Å². The van der Waals surface area contributed by atoms with Gasteiger partial charge in [0.15, 0.2) is 0 Å². The summed E-state index contributed by atoms with van der Waals surface area (Å²) in [6.45, 7) is -0.980. The first-order valence-corrected chi connectivity index (χ1v) is 10.1. The van der Waals surface area contributed by atoms with Crippen LogP contribution in [-0.4, -0.2) is 23.7 Å². The highest BCUT2D eigenvalue weighted by molar-refractivity contribution is 8.00. The molecule has 31 heavy (non-hydrogen) atoms. The number of hydrogen-bond acceptors (Lipinski definition) is 4. The highest BCUT2D eigenvalue weighted by Crippen LogP contribution is 2.35. The maximum Gasteiger partial charge on any atom is 0.339 e. The number of nitrogens with one attached hydrogen (secondary N) is 1. The summed E-state index contributed by atoms with van der Waals surface area (Å²) in [5.41, 5.74) is 0.342. The third-order valence-electron chi connectivity index (χ3n) is 4.12. The van der Waals surface area contributed by atoms with Gasteiger partial charge in [0.2, 0.25) is 6.10 Å². The van der Waals surface area contributed by atoms with E-state index >= 15 is 0 Å². The molecule has 0 bridgehead atoms. The van der Waals surface area contributed by atoms with Crippen molar-refractivity contribution in [3.8, 4) is 0 Å². The quantitative estimate of drug-likeness (QED) is 0.381. The van der Waals surface area contributed by atoms with Crippen LogP contribution in [0.3, 0.4) is 0 Å². The second-order valence-electron chi connectivity index (χ2n) is 6.47. The molecule has 3 aromatic carbocycles. The van der Waals surface area contributed by atoms with Crippen LogP contribution in [0.1, 0.15) is 22.0 Å². The SMILES string of the molecule is O=C(OC(C(=O)NCC(F)(F)Sc1ccccc1)c1ccc(F)cc1)c1ccccc1. The summed E-state index contributed by atoms with van der Waals surface area (Å²) >= 11 is 0.303. The van der Waals surface area contributed by atoms with Crippen LogP contribution in [0.15, 0.2) is 89.8 Å². The summed E-state index contributed by atoms with van der Waals surface area (Å²) in [5.74, 6) is -2.30. The van der Waals surface area contributed by atoms with E-state index in [1.54, 1.807) is 36.4 Å². The van der Waals surface area contributed by atoms with Crippen molar-refractivity contribution in [1.82, 2.24) is 5.32 Å². The second-order valence-corrected chi connectivity index (χ2v) is 7.75. The number of ether oxygens (including phenoxy) is 1. The lowest BCUT2D eigenvalue weighted by molar-refractivity contribution is -0.131. The van der Waals surface area contributed by atoms with Crippen LogP contribution in [0.25, 0.3) is 0 Å². The molecule has 0 aliphatic carbocycles. The highest BCUT2D eigenvalue weighted by Gasteiger charge is 2.33. The average Bonchev–Trinajstić information content (AvgIpc) is 2.77. The van der Waals surface area contributed by atoms with Gasteiger partial charge in [0.25, 0.3) is 5.91 Å². The molecule has 0 aliphatic rings. The molecular formula is C23H18F3NO3S. The maximum atomic E-state index is 14.3. The predicted octanol–water partition coefficient (Wildman–Crippen LogP) is 5.23. The molecule has 0 radical (unpaired) electrons. The van der Waals surface area contributed by atoms with E-state index in [9.17, 15) is 22.8 Å². The largest absolute Gasteiger partial charge is 0.444 e. The van der Waals surface area contributed by atoms with E-state index in [1.807, 2.05) is 0 Å². The maximum absolute atomic E-state index is 14.3. The first-order chi connectivity index (χ1) is 14.8.